The molecule has 0 aliphatic carbocycles. The molecule has 0 radical (unpaired) electrons. The summed E-state index contributed by atoms with van der Waals surface area (Å²) in [6, 6.07) is 1.46. The van der Waals surface area contributed by atoms with Crippen molar-refractivity contribution in [1.82, 2.24) is 20.6 Å². The van der Waals surface area contributed by atoms with Gasteiger partial charge >= 0.3 is 6.03 Å². The monoisotopic (exact) mass is 314 g/mol. The van der Waals surface area contributed by atoms with E-state index in [1.807, 2.05) is 0 Å². The lowest BCUT2D eigenvalue weighted by molar-refractivity contribution is -0.119. The SMILES string of the molecule is CNC(=O)NC(=O)CCSc1nc2cc(F)c(F)cc2[nH]1. The number of urea groups is 1. The molecule has 21 heavy (non-hydrogen) atoms. The molecule has 1 aromatic carbocycles. The third-order valence-electron chi connectivity index (χ3n) is 2.55. The van der Waals surface area contributed by atoms with Crippen molar-refractivity contribution in [2.75, 3.05) is 12.8 Å². The van der Waals surface area contributed by atoms with Crippen molar-refractivity contribution in [2.24, 2.45) is 0 Å². The Hall–Kier alpha value is -2.16. The standard InChI is InChI=1S/C12H12F2N4O2S/c1-15-11(20)18-10(19)2-3-21-12-16-8-4-6(13)7(14)5-9(8)17-12/h4-5H,2-3H2,1H3,(H,16,17)(H2,15,18,19,20). The third-order valence-corrected chi connectivity index (χ3v) is 3.43. The number of carbonyl (C=O) groups excluding carboxylic acids is 2. The molecule has 0 saturated carbocycles. The molecule has 2 aromatic rings. The highest BCUT2D eigenvalue weighted by Gasteiger charge is 2.10. The molecule has 0 spiro atoms. The number of aromatic amines is 1. The summed E-state index contributed by atoms with van der Waals surface area (Å²) in [5.41, 5.74) is 0.692. The van der Waals surface area contributed by atoms with Crippen molar-refractivity contribution >= 4 is 34.7 Å². The van der Waals surface area contributed by atoms with Crippen LogP contribution in [0, 0.1) is 11.6 Å². The molecule has 0 saturated heterocycles. The van der Waals surface area contributed by atoms with E-state index < -0.39 is 23.6 Å². The minimum absolute atomic E-state index is 0.109. The quantitative estimate of drug-likeness (QED) is 0.751. The van der Waals surface area contributed by atoms with Crippen molar-refractivity contribution in [2.45, 2.75) is 11.6 Å². The van der Waals surface area contributed by atoms with Gasteiger partial charge in [-0.3, -0.25) is 10.1 Å². The number of halogens is 2. The van der Waals surface area contributed by atoms with Crippen molar-refractivity contribution in [3.8, 4) is 0 Å². The van der Waals surface area contributed by atoms with Crippen LogP contribution in [0.5, 0.6) is 0 Å². The highest BCUT2D eigenvalue weighted by molar-refractivity contribution is 7.99. The molecule has 0 atom stereocenters. The molecule has 1 aromatic heterocycles. The third kappa shape index (κ3) is 3.91. The van der Waals surface area contributed by atoms with Crippen LogP contribution in [0.3, 0.4) is 0 Å². The average Bonchev–Trinajstić information content (AvgIpc) is 2.80. The minimum Gasteiger partial charge on any atom is -0.341 e. The zero-order valence-electron chi connectivity index (χ0n) is 11.0. The summed E-state index contributed by atoms with van der Waals surface area (Å²) in [6.07, 6.45) is 0.109. The van der Waals surface area contributed by atoms with E-state index in [9.17, 15) is 18.4 Å². The van der Waals surface area contributed by atoms with Crippen molar-refractivity contribution in [3.63, 3.8) is 0 Å². The van der Waals surface area contributed by atoms with Crippen LogP contribution in [0.4, 0.5) is 13.6 Å². The first-order valence-electron chi connectivity index (χ1n) is 5.98. The average molecular weight is 314 g/mol. The number of carbonyl (C=O) groups is 2. The zero-order chi connectivity index (χ0) is 15.4. The lowest BCUT2D eigenvalue weighted by Gasteiger charge is -2.01. The number of amides is 3. The largest absolute Gasteiger partial charge is 0.341 e. The number of rotatable bonds is 4. The molecule has 0 aliphatic rings. The topological polar surface area (TPSA) is 86.9 Å². The van der Waals surface area contributed by atoms with Crippen molar-refractivity contribution in [3.05, 3.63) is 23.8 Å². The fourth-order valence-corrected chi connectivity index (χ4v) is 2.37. The van der Waals surface area contributed by atoms with E-state index in [-0.39, 0.29) is 6.42 Å². The molecular weight excluding hydrogens is 302 g/mol. The lowest BCUT2D eigenvalue weighted by atomic mass is 10.3. The Kier molecular flexibility index (Phi) is 4.73. The summed E-state index contributed by atoms with van der Waals surface area (Å²) in [7, 11) is 1.41. The summed E-state index contributed by atoms with van der Waals surface area (Å²) in [5.74, 6) is -1.97. The molecule has 2 rings (SSSR count). The van der Waals surface area contributed by atoms with Gasteiger partial charge in [-0.15, -0.1) is 0 Å². The van der Waals surface area contributed by atoms with Crippen LogP contribution < -0.4 is 10.6 Å². The molecule has 0 aliphatic heterocycles. The van der Waals surface area contributed by atoms with E-state index in [1.165, 1.54) is 18.8 Å². The number of aromatic nitrogens is 2. The number of fused-ring (bicyclic) bond motifs is 1. The second-order valence-electron chi connectivity index (χ2n) is 4.05. The fraction of sp³-hybridized carbons (Fsp3) is 0.250. The number of benzene rings is 1. The maximum Gasteiger partial charge on any atom is 0.321 e. The van der Waals surface area contributed by atoms with E-state index in [2.05, 4.69) is 20.6 Å². The molecular formula is C12H12F2N4O2S. The Balaban J connectivity index is 1.92. The maximum absolute atomic E-state index is 13.1. The zero-order valence-corrected chi connectivity index (χ0v) is 11.8. The van der Waals surface area contributed by atoms with Crippen LogP contribution in [0.1, 0.15) is 6.42 Å². The minimum atomic E-state index is -0.962. The summed E-state index contributed by atoms with van der Waals surface area (Å²) < 4.78 is 26.1. The number of imidazole rings is 1. The van der Waals surface area contributed by atoms with Gasteiger partial charge in [0, 0.05) is 31.4 Å². The number of nitrogens with zero attached hydrogens (tertiary/aromatic N) is 1. The van der Waals surface area contributed by atoms with Crippen molar-refractivity contribution in [1.29, 1.82) is 0 Å². The van der Waals surface area contributed by atoms with Crippen LogP contribution in [0.2, 0.25) is 0 Å². The van der Waals surface area contributed by atoms with Crippen molar-refractivity contribution < 1.29 is 18.4 Å². The lowest BCUT2D eigenvalue weighted by Crippen LogP contribution is -2.37. The van der Waals surface area contributed by atoms with Crippen LogP contribution in [0.15, 0.2) is 17.3 Å². The van der Waals surface area contributed by atoms with Crippen LogP contribution >= 0.6 is 11.8 Å². The van der Waals surface area contributed by atoms with Gasteiger partial charge in [-0.1, -0.05) is 11.8 Å². The first-order chi connectivity index (χ1) is 9.99. The Morgan fingerprint density at radius 1 is 1.33 bits per heavy atom. The Bertz CT molecular complexity index is 650. The van der Waals surface area contributed by atoms with Gasteiger partial charge in [0.05, 0.1) is 11.0 Å². The van der Waals surface area contributed by atoms with E-state index in [0.29, 0.717) is 21.9 Å². The highest BCUT2D eigenvalue weighted by atomic mass is 32.2. The first kappa shape index (κ1) is 15.2. The number of H-pyrrole nitrogens is 1. The first-order valence-corrected chi connectivity index (χ1v) is 6.97. The number of imide groups is 1. The molecule has 3 N–H and O–H groups in total. The number of nitrogens with one attached hydrogen (secondary N) is 3. The Labute approximate surface area is 122 Å². The molecule has 0 unspecified atom stereocenters. The smallest absolute Gasteiger partial charge is 0.321 e. The molecule has 3 amide bonds. The van der Waals surface area contributed by atoms with Gasteiger partial charge in [0.15, 0.2) is 16.8 Å². The Morgan fingerprint density at radius 2 is 2.05 bits per heavy atom. The van der Waals surface area contributed by atoms with Gasteiger partial charge < -0.3 is 10.3 Å². The van der Waals surface area contributed by atoms with Gasteiger partial charge in [0.2, 0.25) is 5.91 Å². The fourth-order valence-electron chi connectivity index (χ4n) is 1.54. The summed E-state index contributed by atoms with van der Waals surface area (Å²) in [4.78, 5) is 29.1. The van der Waals surface area contributed by atoms with Gasteiger partial charge in [-0.2, -0.15) is 0 Å². The molecule has 6 nitrogen and oxygen atoms in total. The summed E-state index contributed by atoms with van der Waals surface area (Å²) >= 11 is 1.22. The van der Waals surface area contributed by atoms with E-state index in [4.69, 9.17) is 0 Å². The second-order valence-corrected chi connectivity index (χ2v) is 5.13. The predicted octanol–water partition coefficient (Wildman–Crippen LogP) is 1.78. The van der Waals surface area contributed by atoms with E-state index >= 15 is 0 Å². The summed E-state index contributed by atoms with van der Waals surface area (Å²) in [6.45, 7) is 0. The van der Waals surface area contributed by atoms with Crippen LogP contribution in [0.25, 0.3) is 11.0 Å². The highest BCUT2D eigenvalue weighted by Crippen LogP contribution is 2.22. The van der Waals surface area contributed by atoms with Gasteiger partial charge in [0.1, 0.15) is 0 Å². The molecule has 0 fully saturated rings. The predicted molar refractivity (Wildman–Crippen MR) is 73.9 cm³/mol. The van der Waals surface area contributed by atoms with Crippen LogP contribution in [-0.4, -0.2) is 34.7 Å². The van der Waals surface area contributed by atoms with E-state index in [0.717, 1.165) is 12.1 Å². The normalized spacial score (nSPS) is 10.6. The number of thioether (sulfide) groups is 1. The molecule has 112 valence electrons. The number of hydrogen-bond acceptors (Lipinski definition) is 4. The molecule has 9 heteroatoms. The molecule has 0 bridgehead atoms. The van der Waals surface area contributed by atoms with Gasteiger partial charge in [-0.25, -0.2) is 18.6 Å². The molecule has 1 heterocycles. The maximum atomic E-state index is 13.1. The second kappa shape index (κ2) is 6.53. The summed E-state index contributed by atoms with van der Waals surface area (Å²) in [5, 5.41) is 4.84. The van der Waals surface area contributed by atoms with Gasteiger partial charge in [0.25, 0.3) is 0 Å². The Morgan fingerprint density at radius 3 is 2.76 bits per heavy atom. The van der Waals surface area contributed by atoms with E-state index in [1.54, 1.807) is 0 Å². The van der Waals surface area contributed by atoms with Gasteiger partial charge in [-0.05, 0) is 0 Å². The number of hydrogen-bond donors (Lipinski definition) is 3. The van der Waals surface area contributed by atoms with Crippen LogP contribution in [-0.2, 0) is 4.79 Å².